The Labute approximate surface area is 142 Å². The van der Waals surface area contributed by atoms with E-state index in [1.54, 1.807) is 6.07 Å². The van der Waals surface area contributed by atoms with Gasteiger partial charge in [0.25, 0.3) is 11.8 Å². The van der Waals surface area contributed by atoms with E-state index in [1.165, 1.54) is 30.3 Å². The summed E-state index contributed by atoms with van der Waals surface area (Å²) in [6.45, 7) is 0.537. The molecule has 0 aliphatic carbocycles. The number of imide groups is 1. The van der Waals surface area contributed by atoms with Crippen LogP contribution in [0.15, 0.2) is 54.2 Å². The van der Waals surface area contributed by atoms with Crippen LogP contribution in [0.25, 0.3) is 0 Å². The number of hydrogen-bond donors (Lipinski definition) is 1. The fourth-order valence-corrected chi connectivity index (χ4v) is 2.68. The molecule has 0 unspecified atom stereocenters. The number of nitrogens with zero attached hydrogens (tertiary/aromatic N) is 1. The van der Waals surface area contributed by atoms with Crippen molar-refractivity contribution in [2.75, 3.05) is 11.7 Å². The summed E-state index contributed by atoms with van der Waals surface area (Å²) in [6, 6.07) is 10.6. The highest BCUT2D eigenvalue weighted by molar-refractivity contribution is 6.30. The fraction of sp³-hybridized carbons (Fsp3) is 0.111. The second kappa shape index (κ2) is 5.94. The number of halogens is 1. The average Bonchev–Trinajstić information content (AvgIpc) is 3.18. The van der Waals surface area contributed by atoms with Crippen LogP contribution in [0.1, 0.15) is 5.56 Å². The van der Waals surface area contributed by atoms with Crippen LogP contribution in [0.5, 0.6) is 11.5 Å². The van der Waals surface area contributed by atoms with Crippen molar-refractivity contribution in [3.8, 4) is 11.5 Å². The summed E-state index contributed by atoms with van der Waals surface area (Å²) in [4.78, 5) is 25.6. The number of nitrogens with one attached hydrogen (secondary N) is 1. The molecule has 0 fully saturated rings. The zero-order chi connectivity index (χ0) is 17.4. The molecular weight excluding hydrogens is 327 g/mol. The van der Waals surface area contributed by atoms with E-state index >= 15 is 0 Å². The maximum atomic E-state index is 13.0. The second-order valence-electron chi connectivity index (χ2n) is 5.55. The highest BCUT2D eigenvalue weighted by atomic mass is 19.1. The van der Waals surface area contributed by atoms with E-state index in [2.05, 4.69) is 5.32 Å². The van der Waals surface area contributed by atoms with E-state index in [1.807, 2.05) is 12.1 Å². The quantitative estimate of drug-likeness (QED) is 0.864. The minimum Gasteiger partial charge on any atom is -0.454 e. The molecule has 25 heavy (non-hydrogen) atoms. The molecule has 2 aliphatic heterocycles. The molecule has 0 saturated heterocycles. The fourth-order valence-electron chi connectivity index (χ4n) is 2.68. The maximum Gasteiger partial charge on any atom is 0.281 e. The van der Waals surface area contributed by atoms with Gasteiger partial charge in [-0.2, -0.15) is 0 Å². The lowest BCUT2D eigenvalue weighted by Crippen LogP contribution is -2.33. The van der Waals surface area contributed by atoms with Crippen LogP contribution in [-0.2, 0) is 16.1 Å². The van der Waals surface area contributed by atoms with E-state index in [0.29, 0.717) is 23.7 Å². The summed E-state index contributed by atoms with van der Waals surface area (Å²) >= 11 is 0. The molecule has 2 aliphatic rings. The lowest BCUT2D eigenvalue weighted by atomic mass is 10.2. The first-order valence-electron chi connectivity index (χ1n) is 7.60. The molecule has 2 aromatic rings. The van der Waals surface area contributed by atoms with Gasteiger partial charge in [0.2, 0.25) is 6.79 Å². The number of fused-ring (bicyclic) bond motifs is 1. The first kappa shape index (κ1) is 15.2. The van der Waals surface area contributed by atoms with Crippen molar-refractivity contribution in [3.63, 3.8) is 0 Å². The van der Waals surface area contributed by atoms with Crippen molar-refractivity contribution < 1.29 is 23.5 Å². The number of carbonyl (C=O) groups excluding carboxylic acids is 2. The molecule has 2 amide bonds. The standard InChI is InChI=1S/C18H13FN2O4/c19-12-2-4-13(5-3-12)21-17(22)8-14(18(21)23)20-9-11-1-6-15-16(7-11)25-10-24-15/h1-8,20H,9-10H2. The molecule has 126 valence electrons. The van der Waals surface area contributed by atoms with Gasteiger partial charge in [0.15, 0.2) is 11.5 Å². The van der Waals surface area contributed by atoms with Crippen molar-refractivity contribution in [3.05, 3.63) is 65.6 Å². The topological polar surface area (TPSA) is 67.9 Å². The van der Waals surface area contributed by atoms with Gasteiger partial charge in [0.05, 0.1) is 5.69 Å². The smallest absolute Gasteiger partial charge is 0.281 e. The van der Waals surface area contributed by atoms with Crippen LogP contribution in [0.2, 0.25) is 0 Å². The molecule has 0 aromatic heterocycles. The van der Waals surface area contributed by atoms with E-state index in [-0.39, 0.29) is 12.5 Å². The predicted molar refractivity (Wildman–Crippen MR) is 86.4 cm³/mol. The van der Waals surface area contributed by atoms with Gasteiger partial charge in [0.1, 0.15) is 11.5 Å². The van der Waals surface area contributed by atoms with Crippen LogP contribution < -0.4 is 19.7 Å². The predicted octanol–water partition coefficient (Wildman–Crippen LogP) is 2.10. The Morgan fingerprint density at radius 3 is 2.60 bits per heavy atom. The van der Waals surface area contributed by atoms with Crippen molar-refractivity contribution in [1.82, 2.24) is 5.32 Å². The van der Waals surface area contributed by atoms with Gasteiger partial charge in [-0.3, -0.25) is 9.59 Å². The summed E-state index contributed by atoms with van der Waals surface area (Å²) in [5.74, 6) is -0.0493. The van der Waals surface area contributed by atoms with Crippen molar-refractivity contribution in [2.24, 2.45) is 0 Å². The number of anilines is 1. The van der Waals surface area contributed by atoms with Gasteiger partial charge in [-0.1, -0.05) is 6.07 Å². The first-order valence-corrected chi connectivity index (χ1v) is 7.60. The number of amides is 2. The molecule has 4 rings (SSSR count). The Bertz CT molecular complexity index is 892. The van der Waals surface area contributed by atoms with Gasteiger partial charge in [-0.05, 0) is 42.0 Å². The first-order chi connectivity index (χ1) is 12.1. The highest BCUT2D eigenvalue weighted by Crippen LogP contribution is 2.32. The normalized spacial score (nSPS) is 15.6. The summed E-state index contributed by atoms with van der Waals surface area (Å²) in [5.41, 5.74) is 1.39. The molecule has 0 radical (unpaired) electrons. The summed E-state index contributed by atoms with van der Waals surface area (Å²) in [6.07, 6.45) is 1.23. The molecule has 2 heterocycles. The van der Waals surface area contributed by atoms with E-state index in [0.717, 1.165) is 10.5 Å². The third-order valence-electron chi connectivity index (χ3n) is 3.93. The lowest BCUT2D eigenvalue weighted by molar-refractivity contribution is -0.120. The third kappa shape index (κ3) is 2.80. The van der Waals surface area contributed by atoms with Crippen LogP contribution in [0.3, 0.4) is 0 Å². The Balaban J connectivity index is 1.46. The largest absolute Gasteiger partial charge is 0.454 e. The zero-order valence-electron chi connectivity index (χ0n) is 13.0. The minimum absolute atomic E-state index is 0.187. The molecule has 6 nitrogen and oxygen atoms in total. The molecular formula is C18H13FN2O4. The van der Waals surface area contributed by atoms with Crippen molar-refractivity contribution >= 4 is 17.5 Å². The molecule has 0 atom stereocenters. The molecule has 0 spiro atoms. The Morgan fingerprint density at radius 1 is 1.04 bits per heavy atom. The van der Waals surface area contributed by atoms with E-state index in [4.69, 9.17) is 9.47 Å². The lowest BCUT2D eigenvalue weighted by Gasteiger charge is -2.15. The number of ether oxygens (including phenoxy) is 2. The van der Waals surface area contributed by atoms with Gasteiger partial charge >= 0.3 is 0 Å². The van der Waals surface area contributed by atoms with Crippen LogP contribution in [-0.4, -0.2) is 18.6 Å². The highest BCUT2D eigenvalue weighted by Gasteiger charge is 2.32. The number of hydrogen-bond acceptors (Lipinski definition) is 5. The minimum atomic E-state index is -0.475. The number of carbonyl (C=O) groups is 2. The van der Waals surface area contributed by atoms with Gasteiger partial charge in [0, 0.05) is 12.6 Å². The molecule has 2 aromatic carbocycles. The van der Waals surface area contributed by atoms with Crippen LogP contribution >= 0.6 is 0 Å². The molecule has 0 bridgehead atoms. The second-order valence-corrected chi connectivity index (χ2v) is 5.55. The van der Waals surface area contributed by atoms with Crippen molar-refractivity contribution in [2.45, 2.75) is 6.54 Å². The number of rotatable bonds is 4. The Morgan fingerprint density at radius 2 is 1.80 bits per heavy atom. The molecule has 7 heteroatoms. The summed E-state index contributed by atoms with van der Waals surface area (Å²) in [7, 11) is 0. The average molecular weight is 340 g/mol. The SMILES string of the molecule is O=C1C=C(NCc2ccc3c(c2)OCO3)C(=O)N1c1ccc(F)cc1. The Hall–Kier alpha value is -3.35. The van der Waals surface area contributed by atoms with Gasteiger partial charge in [-0.15, -0.1) is 0 Å². The summed E-state index contributed by atoms with van der Waals surface area (Å²) < 4.78 is 23.6. The maximum absolute atomic E-state index is 13.0. The van der Waals surface area contributed by atoms with Gasteiger partial charge < -0.3 is 14.8 Å². The zero-order valence-corrected chi connectivity index (χ0v) is 13.0. The van der Waals surface area contributed by atoms with Gasteiger partial charge in [-0.25, -0.2) is 9.29 Å². The van der Waals surface area contributed by atoms with E-state index < -0.39 is 17.6 Å². The number of benzene rings is 2. The van der Waals surface area contributed by atoms with Crippen LogP contribution in [0.4, 0.5) is 10.1 Å². The third-order valence-corrected chi connectivity index (χ3v) is 3.93. The van der Waals surface area contributed by atoms with E-state index in [9.17, 15) is 14.0 Å². The Kier molecular flexibility index (Phi) is 3.61. The molecule has 0 saturated carbocycles. The van der Waals surface area contributed by atoms with Crippen LogP contribution in [0, 0.1) is 5.82 Å². The summed E-state index contributed by atoms with van der Waals surface area (Å²) in [5, 5.41) is 2.96. The van der Waals surface area contributed by atoms with Crippen molar-refractivity contribution in [1.29, 1.82) is 0 Å². The monoisotopic (exact) mass is 340 g/mol. The molecule has 1 N–H and O–H groups in total.